The molecular formula is C12H20N2O3S. The Labute approximate surface area is 108 Å². The van der Waals surface area contributed by atoms with E-state index in [4.69, 9.17) is 15.6 Å². The van der Waals surface area contributed by atoms with Crippen LogP contribution in [0.4, 0.5) is 5.69 Å². The third-order valence-corrected chi connectivity index (χ3v) is 3.70. The van der Waals surface area contributed by atoms with Gasteiger partial charge in [0.25, 0.3) is 0 Å². The lowest BCUT2D eigenvalue weighted by molar-refractivity contribution is 0.208. The minimum atomic E-state index is -3.79. The number of rotatable bonds is 5. The Bertz CT molecular complexity index is 526. The number of sulfonamides is 1. The van der Waals surface area contributed by atoms with Crippen LogP contribution < -0.4 is 15.6 Å². The van der Waals surface area contributed by atoms with Crippen molar-refractivity contribution in [3.63, 3.8) is 0 Å². The van der Waals surface area contributed by atoms with Crippen LogP contribution in [0.25, 0.3) is 0 Å². The summed E-state index contributed by atoms with van der Waals surface area (Å²) in [4.78, 5) is 0.0150. The van der Waals surface area contributed by atoms with Gasteiger partial charge in [0.1, 0.15) is 5.75 Å². The number of anilines is 1. The molecule has 0 heterocycles. The second kappa shape index (κ2) is 5.58. The lowest BCUT2D eigenvalue weighted by Gasteiger charge is -2.17. The van der Waals surface area contributed by atoms with Crippen molar-refractivity contribution in [2.45, 2.75) is 44.6 Å². The minimum Gasteiger partial charge on any atom is -0.490 e. The zero-order valence-electron chi connectivity index (χ0n) is 10.9. The first-order chi connectivity index (χ1) is 8.25. The highest BCUT2D eigenvalue weighted by Gasteiger charge is 2.17. The van der Waals surface area contributed by atoms with E-state index in [2.05, 4.69) is 6.92 Å². The van der Waals surface area contributed by atoms with Crippen LogP contribution in [-0.4, -0.2) is 14.5 Å². The Kier molecular flexibility index (Phi) is 4.59. The molecule has 0 saturated carbocycles. The van der Waals surface area contributed by atoms with Gasteiger partial charge in [0.2, 0.25) is 10.0 Å². The predicted molar refractivity (Wildman–Crippen MR) is 72.0 cm³/mol. The van der Waals surface area contributed by atoms with Crippen molar-refractivity contribution >= 4 is 15.7 Å². The lowest BCUT2D eigenvalue weighted by Crippen LogP contribution is -2.17. The van der Waals surface area contributed by atoms with Crippen molar-refractivity contribution in [1.29, 1.82) is 0 Å². The van der Waals surface area contributed by atoms with Crippen LogP contribution in [0.3, 0.4) is 0 Å². The molecule has 1 atom stereocenters. The third-order valence-electron chi connectivity index (χ3n) is 2.66. The molecule has 0 saturated heterocycles. The summed E-state index contributed by atoms with van der Waals surface area (Å²) in [5.74, 6) is 0.472. The molecule has 0 bridgehead atoms. The average molecular weight is 272 g/mol. The largest absolute Gasteiger partial charge is 0.490 e. The number of benzene rings is 1. The van der Waals surface area contributed by atoms with E-state index in [-0.39, 0.29) is 11.0 Å². The van der Waals surface area contributed by atoms with Gasteiger partial charge in [-0.2, -0.15) is 0 Å². The average Bonchev–Trinajstić information content (AvgIpc) is 2.21. The fraction of sp³-hybridized carbons (Fsp3) is 0.500. The monoisotopic (exact) mass is 272 g/mol. The first-order valence-corrected chi connectivity index (χ1v) is 7.40. The highest BCUT2D eigenvalue weighted by Crippen LogP contribution is 2.29. The normalized spacial score (nSPS) is 13.3. The molecule has 0 amide bonds. The zero-order chi connectivity index (χ0) is 13.9. The number of nitrogen functional groups attached to an aromatic ring is 1. The van der Waals surface area contributed by atoms with Gasteiger partial charge in [-0.1, -0.05) is 13.3 Å². The standard InChI is InChI=1S/C12H20N2O3S/c1-4-5-8(2)17-11-6-10(13)7-12(9(11)3)18(14,15)16/h6-8H,4-5,13H2,1-3H3,(H2,14,15,16). The van der Waals surface area contributed by atoms with E-state index in [0.717, 1.165) is 12.8 Å². The summed E-state index contributed by atoms with van der Waals surface area (Å²) < 4.78 is 28.6. The van der Waals surface area contributed by atoms with E-state index in [9.17, 15) is 8.42 Å². The Morgan fingerprint density at radius 2 is 2.00 bits per heavy atom. The first kappa shape index (κ1) is 14.8. The molecule has 1 unspecified atom stereocenters. The van der Waals surface area contributed by atoms with Crippen molar-refractivity contribution in [2.24, 2.45) is 5.14 Å². The summed E-state index contributed by atoms with van der Waals surface area (Å²) in [7, 11) is -3.79. The SMILES string of the molecule is CCCC(C)Oc1cc(N)cc(S(N)(=O)=O)c1C. The molecule has 0 aromatic heterocycles. The van der Waals surface area contributed by atoms with E-state index in [1.807, 2.05) is 6.92 Å². The topological polar surface area (TPSA) is 95.4 Å². The van der Waals surface area contributed by atoms with Gasteiger partial charge < -0.3 is 10.5 Å². The Hall–Kier alpha value is -1.27. The van der Waals surface area contributed by atoms with Gasteiger partial charge in [-0.15, -0.1) is 0 Å². The van der Waals surface area contributed by atoms with Gasteiger partial charge >= 0.3 is 0 Å². The summed E-state index contributed by atoms with van der Waals surface area (Å²) in [5, 5.41) is 5.15. The number of primary sulfonamides is 1. The minimum absolute atomic E-state index is 0.00354. The second-order valence-electron chi connectivity index (χ2n) is 4.40. The fourth-order valence-electron chi connectivity index (χ4n) is 1.78. The van der Waals surface area contributed by atoms with Gasteiger partial charge in [0, 0.05) is 17.3 Å². The van der Waals surface area contributed by atoms with E-state index < -0.39 is 10.0 Å². The molecule has 0 aliphatic heterocycles. The zero-order valence-corrected chi connectivity index (χ0v) is 11.8. The van der Waals surface area contributed by atoms with Crippen LogP contribution >= 0.6 is 0 Å². The fourth-order valence-corrected chi connectivity index (χ4v) is 2.61. The van der Waals surface area contributed by atoms with E-state index in [1.54, 1.807) is 13.0 Å². The Balaban J connectivity index is 3.18. The van der Waals surface area contributed by atoms with E-state index in [0.29, 0.717) is 17.0 Å². The summed E-state index contributed by atoms with van der Waals surface area (Å²) in [6.07, 6.45) is 1.88. The molecule has 102 valence electrons. The lowest BCUT2D eigenvalue weighted by atomic mass is 10.2. The highest BCUT2D eigenvalue weighted by atomic mass is 32.2. The number of hydrogen-bond acceptors (Lipinski definition) is 4. The van der Waals surface area contributed by atoms with Crippen LogP contribution in [-0.2, 0) is 10.0 Å². The maximum atomic E-state index is 11.4. The van der Waals surface area contributed by atoms with Gasteiger partial charge in [0.05, 0.1) is 11.0 Å². The molecule has 4 N–H and O–H groups in total. The Morgan fingerprint density at radius 1 is 1.39 bits per heavy atom. The number of nitrogens with two attached hydrogens (primary N) is 2. The molecule has 1 rings (SSSR count). The number of hydrogen-bond donors (Lipinski definition) is 2. The molecule has 0 aliphatic carbocycles. The maximum absolute atomic E-state index is 11.4. The quantitative estimate of drug-likeness (QED) is 0.799. The molecule has 6 heteroatoms. The number of ether oxygens (including phenoxy) is 1. The molecule has 18 heavy (non-hydrogen) atoms. The van der Waals surface area contributed by atoms with Gasteiger partial charge in [-0.25, -0.2) is 13.6 Å². The molecular weight excluding hydrogens is 252 g/mol. The molecule has 0 fully saturated rings. The highest BCUT2D eigenvalue weighted by molar-refractivity contribution is 7.89. The summed E-state index contributed by atoms with van der Waals surface area (Å²) in [6, 6.07) is 2.97. The van der Waals surface area contributed by atoms with Gasteiger partial charge in [0.15, 0.2) is 0 Å². The van der Waals surface area contributed by atoms with Crippen LogP contribution in [0.2, 0.25) is 0 Å². The first-order valence-electron chi connectivity index (χ1n) is 5.85. The summed E-state index contributed by atoms with van der Waals surface area (Å²) in [6.45, 7) is 5.65. The van der Waals surface area contributed by atoms with Crippen molar-refractivity contribution in [2.75, 3.05) is 5.73 Å². The van der Waals surface area contributed by atoms with Crippen molar-refractivity contribution in [3.8, 4) is 5.75 Å². The molecule has 0 spiro atoms. The Morgan fingerprint density at radius 3 is 2.50 bits per heavy atom. The molecule has 0 aliphatic rings. The van der Waals surface area contributed by atoms with Crippen LogP contribution in [0.15, 0.2) is 17.0 Å². The third kappa shape index (κ3) is 3.61. The smallest absolute Gasteiger partial charge is 0.238 e. The van der Waals surface area contributed by atoms with Crippen molar-refractivity contribution < 1.29 is 13.2 Å². The van der Waals surface area contributed by atoms with Crippen LogP contribution in [0, 0.1) is 6.92 Å². The van der Waals surface area contributed by atoms with E-state index >= 15 is 0 Å². The molecule has 0 radical (unpaired) electrons. The predicted octanol–water partition coefficient (Wildman–Crippen LogP) is 1.79. The van der Waals surface area contributed by atoms with Gasteiger partial charge in [-0.3, -0.25) is 0 Å². The molecule has 5 nitrogen and oxygen atoms in total. The van der Waals surface area contributed by atoms with E-state index in [1.165, 1.54) is 6.07 Å². The van der Waals surface area contributed by atoms with Crippen molar-refractivity contribution in [3.05, 3.63) is 17.7 Å². The van der Waals surface area contributed by atoms with Gasteiger partial charge in [-0.05, 0) is 26.3 Å². The van der Waals surface area contributed by atoms with Crippen LogP contribution in [0.1, 0.15) is 32.3 Å². The molecule has 1 aromatic rings. The maximum Gasteiger partial charge on any atom is 0.238 e. The van der Waals surface area contributed by atoms with Crippen LogP contribution in [0.5, 0.6) is 5.75 Å². The summed E-state index contributed by atoms with van der Waals surface area (Å²) in [5.41, 5.74) is 6.49. The second-order valence-corrected chi connectivity index (χ2v) is 5.93. The summed E-state index contributed by atoms with van der Waals surface area (Å²) >= 11 is 0. The van der Waals surface area contributed by atoms with Crippen molar-refractivity contribution in [1.82, 2.24) is 0 Å². The molecule has 1 aromatic carbocycles.